The van der Waals surface area contributed by atoms with E-state index in [1.807, 2.05) is 72.8 Å². The van der Waals surface area contributed by atoms with Gasteiger partial charge in [0, 0.05) is 19.7 Å². The molecule has 0 fully saturated rings. The Labute approximate surface area is 148 Å². The Morgan fingerprint density at radius 3 is 1.84 bits per heavy atom. The number of benzene rings is 3. The van der Waals surface area contributed by atoms with Crippen molar-refractivity contribution in [1.29, 1.82) is 0 Å². The van der Waals surface area contributed by atoms with Crippen molar-refractivity contribution in [3.05, 3.63) is 90.5 Å². The summed E-state index contributed by atoms with van der Waals surface area (Å²) in [6.45, 7) is 0. The first-order valence-electron chi connectivity index (χ1n) is 8.23. The topological polar surface area (TPSA) is 29.5 Å². The van der Waals surface area contributed by atoms with Crippen LogP contribution in [0.2, 0.25) is 0 Å². The molecule has 3 aromatic rings. The summed E-state index contributed by atoms with van der Waals surface area (Å²) in [5.74, 6) is 0.585. The molecule has 3 heteroatoms. The van der Waals surface area contributed by atoms with Crippen LogP contribution in [0.5, 0.6) is 5.75 Å². The van der Waals surface area contributed by atoms with Crippen LogP contribution >= 0.6 is 0 Å². The average Bonchev–Trinajstić information content (AvgIpc) is 2.67. The molecule has 0 aliphatic heterocycles. The number of nitrogens with zero attached hydrogens (tertiary/aromatic N) is 1. The normalized spacial score (nSPS) is 11.6. The lowest BCUT2D eigenvalue weighted by molar-refractivity contribution is -0.136. The highest BCUT2D eigenvalue weighted by Crippen LogP contribution is 2.26. The zero-order valence-corrected chi connectivity index (χ0v) is 14.4. The third kappa shape index (κ3) is 4.07. The summed E-state index contributed by atoms with van der Waals surface area (Å²) >= 11 is 0. The third-order valence-electron chi connectivity index (χ3n) is 3.98. The molecule has 126 valence electrons. The lowest BCUT2D eigenvalue weighted by Crippen LogP contribution is -2.31. The molecule has 0 bridgehead atoms. The second-order valence-corrected chi connectivity index (χ2v) is 6.03. The molecular weight excluding hydrogens is 310 g/mol. The summed E-state index contributed by atoms with van der Waals surface area (Å²) in [5.41, 5.74) is 3.11. The smallest absolute Gasteiger partial charge is 0.267 e. The third-order valence-corrected chi connectivity index (χ3v) is 3.98. The van der Waals surface area contributed by atoms with Crippen molar-refractivity contribution in [3.63, 3.8) is 0 Å². The Hall–Kier alpha value is -3.07. The molecule has 3 nitrogen and oxygen atoms in total. The van der Waals surface area contributed by atoms with Crippen LogP contribution in [0.1, 0.15) is 11.7 Å². The van der Waals surface area contributed by atoms with Crippen molar-refractivity contribution in [2.24, 2.45) is 0 Å². The van der Waals surface area contributed by atoms with Gasteiger partial charge in [-0.2, -0.15) is 0 Å². The molecule has 0 N–H and O–H groups in total. The fourth-order valence-electron chi connectivity index (χ4n) is 2.62. The van der Waals surface area contributed by atoms with E-state index in [9.17, 15) is 4.79 Å². The van der Waals surface area contributed by atoms with Gasteiger partial charge in [0.2, 0.25) is 6.10 Å². The first-order chi connectivity index (χ1) is 12.1. The minimum atomic E-state index is -0.654. The molecule has 0 saturated heterocycles. The van der Waals surface area contributed by atoms with E-state index in [1.165, 1.54) is 0 Å². The van der Waals surface area contributed by atoms with Gasteiger partial charge in [0.15, 0.2) is 0 Å². The van der Waals surface area contributed by atoms with Gasteiger partial charge >= 0.3 is 0 Å². The Balaban J connectivity index is 1.84. The highest BCUT2D eigenvalue weighted by molar-refractivity contribution is 5.82. The summed E-state index contributed by atoms with van der Waals surface area (Å²) in [4.78, 5) is 14.1. The van der Waals surface area contributed by atoms with Gasteiger partial charge in [0.25, 0.3) is 5.91 Å². The van der Waals surface area contributed by atoms with Gasteiger partial charge in [-0.1, -0.05) is 72.8 Å². The van der Waals surface area contributed by atoms with E-state index in [4.69, 9.17) is 4.74 Å². The van der Waals surface area contributed by atoms with Crippen molar-refractivity contribution in [2.45, 2.75) is 6.10 Å². The Morgan fingerprint density at radius 2 is 1.28 bits per heavy atom. The number of amides is 1. The summed E-state index contributed by atoms with van der Waals surface area (Å²) in [6.07, 6.45) is -0.654. The van der Waals surface area contributed by atoms with E-state index >= 15 is 0 Å². The number of hydrogen-bond acceptors (Lipinski definition) is 2. The van der Waals surface area contributed by atoms with Crippen LogP contribution in [-0.4, -0.2) is 24.9 Å². The van der Waals surface area contributed by atoms with Gasteiger partial charge in [-0.25, -0.2) is 0 Å². The number of ether oxygens (including phenoxy) is 1. The van der Waals surface area contributed by atoms with Crippen LogP contribution in [0.3, 0.4) is 0 Å². The Bertz CT molecular complexity index is 812. The fraction of sp³-hybridized carbons (Fsp3) is 0.136. The first kappa shape index (κ1) is 16.8. The largest absolute Gasteiger partial charge is 0.476 e. The highest BCUT2D eigenvalue weighted by atomic mass is 16.5. The summed E-state index contributed by atoms with van der Waals surface area (Å²) in [7, 11) is 3.47. The van der Waals surface area contributed by atoms with Gasteiger partial charge in [0.05, 0.1) is 0 Å². The molecule has 3 rings (SSSR count). The van der Waals surface area contributed by atoms with E-state index in [0.29, 0.717) is 5.75 Å². The van der Waals surface area contributed by atoms with Gasteiger partial charge in [-0.15, -0.1) is 0 Å². The van der Waals surface area contributed by atoms with E-state index in [0.717, 1.165) is 16.7 Å². The molecule has 0 aromatic heterocycles. The molecule has 1 amide bonds. The van der Waals surface area contributed by atoms with Gasteiger partial charge < -0.3 is 9.64 Å². The summed E-state index contributed by atoms with van der Waals surface area (Å²) in [6, 6.07) is 27.5. The maximum atomic E-state index is 12.5. The van der Waals surface area contributed by atoms with Crippen molar-refractivity contribution in [3.8, 4) is 16.9 Å². The minimum absolute atomic E-state index is 0.0849. The monoisotopic (exact) mass is 331 g/mol. The minimum Gasteiger partial charge on any atom is -0.476 e. The summed E-state index contributed by atoms with van der Waals surface area (Å²) < 4.78 is 6.02. The first-order valence-corrected chi connectivity index (χ1v) is 8.23. The zero-order chi connectivity index (χ0) is 17.6. The Morgan fingerprint density at radius 1 is 0.760 bits per heavy atom. The van der Waals surface area contributed by atoms with E-state index in [-0.39, 0.29) is 5.91 Å². The van der Waals surface area contributed by atoms with E-state index in [1.54, 1.807) is 19.0 Å². The van der Waals surface area contributed by atoms with Crippen molar-refractivity contribution < 1.29 is 9.53 Å². The molecule has 0 radical (unpaired) electrons. The van der Waals surface area contributed by atoms with Crippen molar-refractivity contribution in [2.75, 3.05) is 14.1 Å². The lowest BCUT2D eigenvalue weighted by Gasteiger charge is -2.22. The summed E-state index contributed by atoms with van der Waals surface area (Å²) in [5, 5.41) is 0. The predicted octanol–water partition coefficient (Wildman–Crippen LogP) is 4.56. The number of hydrogen-bond donors (Lipinski definition) is 0. The second-order valence-electron chi connectivity index (χ2n) is 6.03. The molecule has 0 unspecified atom stereocenters. The highest BCUT2D eigenvalue weighted by Gasteiger charge is 2.24. The van der Waals surface area contributed by atoms with Crippen LogP contribution in [0, 0.1) is 0 Å². The lowest BCUT2D eigenvalue weighted by atomic mass is 10.1. The molecular formula is C22H21NO2. The standard InChI is InChI=1S/C22H21NO2/c1-23(2)22(24)21(19-11-7-4-8-12-19)25-20-15-13-18(14-16-20)17-9-5-3-6-10-17/h3-16,21H,1-2H3/t21-/m0/s1. The Kier molecular flexibility index (Phi) is 5.14. The predicted molar refractivity (Wildman–Crippen MR) is 100 cm³/mol. The number of carbonyl (C=O) groups is 1. The van der Waals surface area contributed by atoms with Crippen LogP contribution in [0.4, 0.5) is 0 Å². The van der Waals surface area contributed by atoms with Crippen LogP contribution < -0.4 is 4.74 Å². The van der Waals surface area contributed by atoms with Gasteiger partial charge in [-0.05, 0) is 23.3 Å². The van der Waals surface area contributed by atoms with E-state index < -0.39 is 6.10 Å². The van der Waals surface area contributed by atoms with Crippen LogP contribution in [0.25, 0.3) is 11.1 Å². The number of likely N-dealkylation sites (N-methyl/N-ethyl adjacent to an activating group) is 1. The quantitative estimate of drug-likeness (QED) is 0.686. The van der Waals surface area contributed by atoms with Gasteiger partial charge in [0.1, 0.15) is 5.75 Å². The molecule has 3 aromatic carbocycles. The maximum Gasteiger partial charge on any atom is 0.267 e. The number of carbonyl (C=O) groups excluding carboxylic acids is 1. The molecule has 1 atom stereocenters. The number of rotatable bonds is 5. The second kappa shape index (κ2) is 7.67. The molecule has 0 aliphatic carbocycles. The molecule has 0 spiro atoms. The molecule has 0 aliphatic rings. The van der Waals surface area contributed by atoms with Crippen LogP contribution in [-0.2, 0) is 4.79 Å². The zero-order valence-electron chi connectivity index (χ0n) is 14.4. The molecule has 25 heavy (non-hydrogen) atoms. The van der Waals surface area contributed by atoms with E-state index in [2.05, 4.69) is 12.1 Å². The van der Waals surface area contributed by atoms with Crippen molar-refractivity contribution in [1.82, 2.24) is 4.90 Å². The fourth-order valence-corrected chi connectivity index (χ4v) is 2.62. The van der Waals surface area contributed by atoms with Crippen molar-refractivity contribution >= 4 is 5.91 Å². The maximum absolute atomic E-state index is 12.5. The SMILES string of the molecule is CN(C)C(=O)[C@@H](Oc1ccc(-c2ccccc2)cc1)c1ccccc1. The molecule has 0 saturated carbocycles. The van der Waals surface area contributed by atoms with Crippen LogP contribution in [0.15, 0.2) is 84.9 Å². The average molecular weight is 331 g/mol. The molecule has 0 heterocycles. The van der Waals surface area contributed by atoms with Gasteiger partial charge in [-0.3, -0.25) is 4.79 Å².